The third kappa shape index (κ3) is 4.35. The zero-order valence-electron chi connectivity index (χ0n) is 17.6. The first-order valence-corrected chi connectivity index (χ1v) is 10.3. The summed E-state index contributed by atoms with van der Waals surface area (Å²) in [5.74, 6) is 0.350. The quantitative estimate of drug-likeness (QED) is 0.711. The molecule has 0 spiro atoms. The summed E-state index contributed by atoms with van der Waals surface area (Å²) in [7, 11) is 3.17. The number of hydrogen-bond donors (Lipinski definition) is 1. The smallest absolute Gasteiger partial charge is 0.311 e. The van der Waals surface area contributed by atoms with E-state index < -0.39 is 12.0 Å². The number of hydroxylamine groups is 1. The Hall–Kier alpha value is -3.10. The van der Waals surface area contributed by atoms with Crippen LogP contribution in [0.15, 0.2) is 48.5 Å². The Morgan fingerprint density at radius 2 is 1.87 bits per heavy atom. The van der Waals surface area contributed by atoms with Gasteiger partial charge in [0.05, 0.1) is 32.7 Å². The fourth-order valence-electron chi connectivity index (χ4n) is 4.14. The molecule has 2 aliphatic rings. The van der Waals surface area contributed by atoms with Gasteiger partial charge >= 0.3 is 5.97 Å². The number of hydrogen-bond acceptors (Lipinski definition) is 7. The number of nitrogens with one attached hydrogen (secondary N) is 1. The first-order chi connectivity index (χ1) is 15.1. The van der Waals surface area contributed by atoms with Crippen LogP contribution in [-0.2, 0) is 19.2 Å². The highest BCUT2D eigenvalue weighted by Crippen LogP contribution is 2.43. The van der Waals surface area contributed by atoms with Gasteiger partial charge < -0.3 is 19.1 Å². The molecule has 8 nitrogen and oxygen atoms in total. The van der Waals surface area contributed by atoms with Crippen molar-refractivity contribution in [1.29, 1.82) is 0 Å². The number of anilines is 1. The lowest BCUT2D eigenvalue weighted by Crippen LogP contribution is -2.46. The third-order valence-electron chi connectivity index (χ3n) is 5.67. The van der Waals surface area contributed by atoms with Crippen LogP contribution in [0.4, 0.5) is 5.69 Å². The average molecular weight is 426 g/mol. The Kier molecular flexibility index (Phi) is 6.39. The van der Waals surface area contributed by atoms with Gasteiger partial charge in [0, 0.05) is 17.7 Å². The minimum Gasteiger partial charge on any atom is -0.497 e. The number of carbonyl (C=O) groups excluding carboxylic acids is 2. The molecule has 2 aliphatic heterocycles. The Balaban J connectivity index is 1.74. The largest absolute Gasteiger partial charge is 0.497 e. The Bertz CT molecular complexity index is 926. The zero-order chi connectivity index (χ0) is 21.8. The molecule has 0 bridgehead atoms. The predicted molar refractivity (Wildman–Crippen MR) is 113 cm³/mol. The Morgan fingerprint density at radius 3 is 2.55 bits per heavy atom. The Morgan fingerprint density at radius 1 is 1.10 bits per heavy atom. The van der Waals surface area contributed by atoms with Gasteiger partial charge in [0.25, 0.3) is 0 Å². The number of ether oxygens (including phenoxy) is 3. The van der Waals surface area contributed by atoms with E-state index in [-0.39, 0.29) is 24.4 Å². The standard InChI is InChI=1S/C23H26N2O6/c1-28-16-9-7-15(8-10-16)25-21(26)12-11-19(23(27)31-17-13-24-30-14-17)22(25)18-5-3-4-6-20(18)29-2/h3-10,17,19,22,24H,11-14H2,1-2H3/t17-,19+,22-/m0/s1. The lowest BCUT2D eigenvalue weighted by Gasteiger charge is -2.41. The Labute approximate surface area is 181 Å². The number of nitrogens with zero attached hydrogens (tertiary/aromatic N) is 1. The van der Waals surface area contributed by atoms with E-state index in [1.807, 2.05) is 36.4 Å². The molecule has 2 aromatic rings. The maximum absolute atomic E-state index is 13.2. The van der Waals surface area contributed by atoms with Crippen LogP contribution in [0, 0.1) is 5.92 Å². The van der Waals surface area contributed by atoms with Crippen LogP contribution in [0.25, 0.3) is 0 Å². The van der Waals surface area contributed by atoms with Crippen molar-refractivity contribution in [3.8, 4) is 11.5 Å². The molecule has 2 heterocycles. The van der Waals surface area contributed by atoms with Crippen molar-refractivity contribution in [2.75, 3.05) is 32.3 Å². The lowest BCUT2D eigenvalue weighted by atomic mass is 9.83. The molecular formula is C23H26N2O6. The number of para-hydroxylation sites is 1. The van der Waals surface area contributed by atoms with Gasteiger partial charge in [-0.15, -0.1) is 0 Å². The highest BCUT2D eigenvalue weighted by molar-refractivity contribution is 5.97. The van der Waals surface area contributed by atoms with E-state index in [0.717, 1.165) is 5.56 Å². The molecule has 1 amide bonds. The normalized spacial score (nSPS) is 23.5. The second kappa shape index (κ2) is 9.36. The summed E-state index contributed by atoms with van der Waals surface area (Å²) in [6, 6.07) is 14.1. The van der Waals surface area contributed by atoms with Gasteiger partial charge in [-0.3, -0.25) is 14.4 Å². The first-order valence-electron chi connectivity index (χ1n) is 10.3. The van der Waals surface area contributed by atoms with Gasteiger partial charge in [0.15, 0.2) is 0 Å². The molecule has 2 aromatic carbocycles. The monoisotopic (exact) mass is 426 g/mol. The molecule has 1 N–H and O–H groups in total. The minimum absolute atomic E-state index is 0.0593. The van der Waals surface area contributed by atoms with Gasteiger partial charge in [-0.05, 0) is 36.8 Å². The van der Waals surface area contributed by atoms with Crippen molar-refractivity contribution in [1.82, 2.24) is 5.48 Å². The number of esters is 1. The highest BCUT2D eigenvalue weighted by Gasteiger charge is 2.44. The molecule has 0 radical (unpaired) electrons. The zero-order valence-corrected chi connectivity index (χ0v) is 17.6. The van der Waals surface area contributed by atoms with Crippen molar-refractivity contribution in [3.63, 3.8) is 0 Å². The van der Waals surface area contributed by atoms with E-state index >= 15 is 0 Å². The number of rotatable bonds is 6. The van der Waals surface area contributed by atoms with E-state index in [9.17, 15) is 9.59 Å². The first kappa shape index (κ1) is 21.1. The molecule has 2 saturated heterocycles. The second-order valence-corrected chi connectivity index (χ2v) is 7.51. The van der Waals surface area contributed by atoms with Crippen molar-refractivity contribution in [2.45, 2.75) is 25.0 Å². The van der Waals surface area contributed by atoms with Crippen LogP contribution in [0.5, 0.6) is 11.5 Å². The van der Waals surface area contributed by atoms with Crippen LogP contribution in [0.2, 0.25) is 0 Å². The molecule has 3 atom stereocenters. The summed E-state index contributed by atoms with van der Waals surface area (Å²) in [6.45, 7) is 0.748. The maximum atomic E-state index is 13.2. The van der Waals surface area contributed by atoms with Gasteiger partial charge in [-0.1, -0.05) is 18.2 Å². The average Bonchev–Trinajstić information content (AvgIpc) is 3.32. The summed E-state index contributed by atoms with van der Waals surface area (Å²) < 4.78 is 16.5. The van der Waals surface area contributed by atoms with Gasteiger partial charge in [0.1, 0.15) is 24.2 Å². The molecule has 0 saturated carbocycles. The van der Waals surface area contributed by atoms with Crippen LogP contribution in [0.1, 0.15) is 24.4 Å². The fraction of sp³-hybridized carbons (Fsp3) is 0.391. The van der Waals surface area contributed by atoms with E-state index in [1.54, 1.807) is 31.3 Å². The van der Waals surface area contributed by atoms with E-state index in [2.05, 4.69) is 5.48 Å². The predicted octanol–water partition coefficient (Wildman–Crippen LogP) is 2.63. The molecule has 2 fully saturated rings. The van der Waals surface area contributed by atoms with Gasteiger partial charge in [-0.2, -0.15) is 5.48 Å². The van der Waals surface area contributed by atoms with E-state index in [1.165, 1.54) is 0 Å². The molecule has 0 aliphatic carbocycles. The highest BCUT2D eigenvalue weighted by atomic mass is 16.7. The molecule has 0 unspecified atom stereocenters. The molecule has 164 valence electrons. The van der Waals surface area contributed by atoms with E-state index in [4.69, 9.17) is 19.0 Å². The topological polar surface area (TPSA) is 86.3 Å². The number of amides is 1. The summed E-state index contributed by atoms with van der Waals surface area (Å²) in [4.78, 5) is 33.1. The van der Waals surface area contributed by atoms with Crippen LogP contribution in [-0.4, -0.2) is 45.4 Å². The molecule has 0 aromatic heterocycles. The fourth-order valence-corrected chi connectivity index (χ4v) is 4.14. The number of carbonyl (C=O) groups is 2. The molecule has 4 rings (SSSR count). The van der Waals surface area contributed by atoms with Crippen molar-refractivity contribution >= 4 is 17.6 Å². The maximum Gasteiger partial charge on any atom is 0.311 e. The molecular weight excluding hydrogens is 400 g/mol. The van der Waals surface area contributed by atoms with Crippen LogP contribution in [0.3, 0.4) is 0 Å². The number of piperidine rings is 1. The van der Waals surface area contributed by atoms with Crippen LogP contribution >= 0.6 is 0 Å². The minimum atomic E-state index is -0.562. The van der Waals surface area contributed by atoms with Crippen LogP contribution < -0.4 is 19.9 Å². The number of methoxy groups -OCH3 is 2. The molecule has 31 heavy (non-hydrogen) atoms. The number of benzene rings is 2. The van der Waals surface area contributed by atoms with Crippen molar-refractivity contribution < 1.29 is 28.6 Å². The molecule has 8 heteroatoms. The van der Waals surface area contributed by atoms with Crippen molar-refractivity contribution in [2.24, 2.45) is 5.92 Å². The summed E-state index contributed by atoms with van der Waals surface area (Å²) in [5, 5.41) is 0. The van der Waals surface area contributed by atoms with E-state index in [0.29, 0.717) is 36.8 Å². The van der Waals surface area contributed by atoms with Crippen molar-refractivity contribution in [3.05, 3.63) is 54.1 Å². The summed E-state index contributed by atoms with van der Waals surface area (Å²) in [5.41, 5.74) is 4.17. The lowest BCUT2D eigenvalue weighted by molar-refractivity contribution is -0.155. The second-order valence-electron chi connectivity index (χ2n) is 7.51. The van der Waals surface area contributed by atoms with Gasteiger partial charge in [0.2, 0.25) is 5.91 Å². The summed E-state index contributed by atoms with van der Waals surface area (Å²) in [6.07, 6.45) is 0.295. The third-order valence-corrected chi connectivity index (χ3v) is 5.67. The summed E-state index contributed by atoms with van der Waals surface area (Å²) >= 11 is 0. The SMILES string of the molecule is COc1ccc(N2C(=O)CC[C@@H](C(=O)O[C@H]3CNOC3)[C@@H]2c2ccccc2OC)cc1. The van der Waals surface area contributed by atoms with Gasteiger partial charge in [-0.25, -0.2) is 0 Å².